The number of carbonyl (C=O) groups excluding carboxylic acids is 3. The van der Waals surface area contributed by atoms with Crippen LogP contribution in [-0.2, 0) is 17.9 Å². The van der Waals surface area contributed by atoms with Crippen LogP contribution in [0.25, 0.3) is 6.08 Å². The fourth-order valence-electron chi connectivity index (χ4n) is 4.92. The van der Waals surface area contributed by atoms with Gasteiger partial charge in [-0.25, -0.2) is 4.39 Å². The molecule has 0 bridgehead atoms. The fourth-order valence-corrected chi connectivity index (χ4v) is 5.75. The maximum absolute atomic E-state index is 13.5. The number of thioether (sulfide) groups is 1. The molecule has 2 fully saturated rings. The lowest BCUT2D eigenvalue weighted by Crippen LogP contribution is -2.48. The second-order valence-corrected chi connectivity index (χ2v) is 10.8. The molecule has 3 aromatic carbocycles. The number of imide groups is 1. The zero-order valence-electron chi connectivity index (χ0n) is 21.5. The van der Waals surface area contributed by atoms with Gasteiger partial charge in [-0.05, 0) is 70.9 Å². The highest BCUT2D eigenvalue weighted by Crippen LogP contribution is 2.34. The Balaban J connectivity index is 1.04. The van der Waals surface area contributed by atoms with Gasteiger partial charge in [0.05, 0.1) is 11.4 Å². The van der Waals surface area contributed by atoms with Gasteiger partial charge in [-0.15, -0.1) is 0 Å². The summed E-state index contributed by atoms with van der Waals surface area (Å²) in [5.41, 5.74) is 2.97. The third-order valence-corrected chi connectivity index (χ3v) is 7.97. The molecular formula is C30H26FN3O5S. The van der Waals surface area contributed by atoms with E-state index in [4.69, 9.17) is 9.47 Å². The Kier molecular flexibility index (Phi) is 7.27. The highest BCUT2D eigenvalue weighted by atomic mass is 32.2. The summed E-state index contributed by atoms with van der Waals surface area (Å²) in [6, 6.07) is 18.8. The first kappa shape index (κ1) is 26.1. The largest absolute Gasteiger partial charge is 0.454 e. The van der Waals surface area contributed by atoms with Gasteiger partial charge in [-0.3, -0.25) is 24.2 Å². The van der Waals surface area contributed by atoms with Crippen molar-refractivity contribution in [3.63, 3.8) is 0 Å². The molecule has 8 nitrogen and oxygen atoms in total. The summed E-state index contributed by atoms with van der Waals surface area (Å²) >= 11 is 0.851. The van der Waals surface area contributed by atoms with E-state index in [-0.39, 0.29) is 19.2 Å². The van der Waals surface area contributed by atoms with Crippen molar-refractivity contribution < 1.29 is 28.2 Å². The van der Waals surface area contributed by atoms with E-state index in [0.29, 0.717) is 34.7 Å². The average Bonchev–Trinajstić information content (AvgIpc) is 3.53. The monoisotopic (exact) mass is 559 g/mol. The molecule has 3 heterocycles. The summed E-state index contributed by atoms with van der Waals surface area (Å²) in [5, 5.41) is -0.398. The van der Waals surface area contributed by atoms with Crippen molar-refractivity contribution in [3.8, 4) is 11.5 Å². The first-order valence-electron chi connectivity index (χ1n) is 12.9. The summed E-state index contributed by atoms with van der Waals surface area (Å²) < 4.78 is 24.3. The van der Waals surface area contributed by atoms with E-state index in [9.17, 15) is 18.8 Å². The molecule has 3 aliphatic rings. The summed E-state index contributed by atoms with van der Waals surface area (Å²) in [7, 11) is 0. The Morgan fingerprint density at radius 2 is 1.62 bits per heavy atom. The number of hydrogen-bond acceptors (Lipinski definition) is 7. The second kappa shape index (κ2) is 11.1. The lowest BCUT2D eigenvalue weighted by atomic mass is 10.1. The molecule has 3 amide bonds. The summed E-state index contributed by atoms with van der Waals surface area (Å²) in [6.07, 6.45) is 1.64. The number of fused-ring (bicyclic) bond motifs is 1. The van der Waals surface area contributed by atoms with E-state index in [1.165, 1.54) is 12.1 Å². The standard InChI is InChI=1S/C30H26FN3O5S/c31-24-3-1-2-21(14-24)18-34-29(36)27(40-30(34)37)16-20-4-7-23(8-5-20)28(35)33-12-10-32(11-13-33)17-22-6-9-25-26(15-22)39-19-38-25/h1-9,14-16H,10-13,17-19H2/b27-16-. The molecule has 0 aliphatic carbocycles. The molecule has 0 atom stereocenters. The van der Waals surface area contributed by atoms with Crippen LogP contribution in [0, 0.1) is 5.82 Å². The van der Waals surface area contributed by atoms with E-state index in [0.717, 1.165) is 53.4 Å². The van der Waals surface area contributed by atoms with Gasteiger partial charge in [-0.1, -0.05) is 30.3 Å². The molecular weight excluding hydrogens is 533 g/mol. The molecule has 0 radical (unpaired) electrons. The number of hydrogen-bond donors (Lipinski definition) is 0. The van der Waals surface area contributed by atoms with Crippen molar-refractivity contribution in [2.24, 2.45) is 0 Å². The van der Waals surface area contributed by atoms with Gasteiger partial charge in [0, 0.05) is 38.3 Å². The van der Waals surface area contributed by atoms with E-state index in [1.807, 2.05) is 23.1 Å². The highest BCUT2D eigenvalue weighted by molar-refractivity contribution is 8.18. The quantitative estimate of drug-likeness (QED) is 0.404. The Labute approximate surface area is 234 Å². The summed E-state index contributed by atoms with van der Waals surface area (Å²) in [4.78, 5) is 43.9. The lowest BCUT2D eigenvalue weighted by molar-refractivity contribution is -0.123. The predicted octanol–water partition coefficient (Wildman–Crippen LogP) is 4.75. The molecule has 40 heavy (non-hydrogen) atoms. The Hall–Kier alpha value is -4.15. The number of halogens is 1. The predicted molar refractivity (Wildman–Crippen MR) is 148 cm³/mol. The van der Waals surface area contributed by atoms with Crippen LogP contribution in [0.15, 0.2) is 71.6 Å². The molecule has 204 valence electrons. The van der Waals surface area contributed by atoms with Crippen LogP contribution in [0.4, 0.5) is 9.18 Å². The molecule has 0 saturated carbocycles. The van der Waals surface area contributed by atoms with E-state index >= 15 is 0 Å². The minimum absolute atomic E-state index is 0.0111. The van der Waals surface area contributed by atoms with Crippen molar-refractivity contribution in [2.45, 2.75) is 13.1 Å². The van der Waals surface area contributed by atoms with Gasteiger partial charge >= 0.3 is 0 Å². The number of rotatable bonds is 6. The van der Waals surface area contributed by atoms with E-state index in [2.05, 4.69) is 4.90 Å². The van der Waals surface area contributed by atoms with Crippen LogP contribution >= 0.6 is 11.8 Å². The molecule has 0 unspecified atom stereocenters. The van der Waals surface area contributed by atoms with Crippen LogP contribution in [0.3, 0.4) is 0 Å². The van der Waals surface area contributed by atoms with Crippen molar-refractivity contribution >= 4 is 34.9 Å². The van der Waals surface area contributed by atoms with Crippen LogP contribution in [-0.4, -0.2) is 64.7 Å². The number of carbonyl (C=O) groups is 3. The van der Waals surface area contributed by atoms with Gasteiger partial charge in [0.25, 0.3) is 17.1 Å². The molecule has 0 aromatic heterocycles. The summed E-state index contributed by atoms with van der Waals surface area (Å²) in [5.74, 6) is 0.668. The first-order valence-corrected chi connectivity index (χ1v) is 13.7. The van der Waals surface area contributed by atoms with Crippen molar-refractivity contribution in [2.75, 3.05) is 33.0 Å². The molecule has 3 aliphatic heterocycles. The minimum Gasteiger partial charge on any atom is -0.454 e. The zero-order valence-corrected chi connectivity index (χ0v) is 22.4. The van der Waals surface area contributed by atoms with Crippen LogP contribution in [0.2, 0.25) is 0 Å². The Morgan fingerprint density at radius 3 is 2.40 bits per heavy atom. The lowest BCUT2D eigenvalue weighted by Gasteiger charge is -2.34. The number of ether oxygens (including phenoxy) is 2. The molecule has 10 heteroatoms. The fraction of sp³-hybridized carbons (Fsp3) is 0.233. The SMILES string of the molecule is O=C(c1ccc(/C=C2\SC(=O)N(Cc3cccc(F)c3)C2=O)cc1)N1CCN(Cc2ccc3c(c2)OCO3)CC1. The maximum Gasteiger partial charge on any atom is 0.293 e. The normalized spacial score (nSPS) is 18.2. The molecule has 2 saturated heterocycles. The number of benzene rings is 3. The maximum atomic E-state index is 13.5. The van der Waals surface area contributed by atoms with Gasteiger partial charge in [-0.2, -0.15) is 0 Å². The number of amides is 3. The van der Waals surface area contributed by atoms with Crippen LogP contribution in [0.5, 0.6) is 11.5 Å². The minimum atomic E-state index is -0.419. The number of nitrogens with zero attached hydrogens (tertiary/aromatic N) is 3. The van der Waals surface area contributed by atoms with E-state index in [1.54, 1.807) is 42.5 Å². The zero-order chi connectivity index (χ0) is 27.6. The Bertz CT molecular complexity index is 1500. The molecule has 0 spiro atoms. The van der Waals surface area contributed by atoms with Gasteiger partial charge < -0.3 is 14.4 Å². The molecule has 0 N–H and O–H groups in total. The average molecular weight is 560 g/mol. The smallest absolute Gasteiger partial charge is 0.293 e. The van der Waals surface area contributed by atoms with Crippen LogP contribution in [0.1, 0.15) is 27.0 Å². The highest BCUT2D eigenvalue weighted by Gasteiger charge is 2.35. The van der Waals surface area contributed by atoms with Crippen molar-refractivity contribution in [3.05, 3.63) is 99.7 Å². The third-order valence-electron chi connectivity index (χ3n) is 7.06. The topological polar surface area (TPSA) is 79.4 Å². The van der Waals surface area contributed by atoms with Crippen LogP contribution < -0.4 is 9.47 Å². The van der Waals surface area contributed by atoms with Crippen molar-refractivity contribution in [1.29, 1.82) is 0 Å². The van der Waals surface area contributed by atoms with Gasteiger partial charge in [0.15, 0.2) is 11.5 Å². The molecule has 6 rings (SSSR count). The first-order chi connectivity index (χ1) is 19.4. The second-order valence-electron chi connectivity index (χ2n) is 9.78. The van der Waals surface area contributed by atoms with Gasteiger partial charge in [0.2, 0.25) is 6.79 Å². The van der Waals surface area contributed by atoms with Crippen molar-refractivity contribution in [1.82, 2.24) is 14.7 Å². The third kappa shape index (κ3) is 5.59. The van der Waals surface area contributed by atoms with Gasteiger partial charge in [0.1, 0.15) is 5.82 Å². The molecule has 3 aromatic rings. The Morgan fingerprint density at radius 1 is 0.875 bits per heavy atom. The number of piperazine rings is 1. The summed E-state index contributed by atoms with van der Waals surface area (Å²) in [6.45, 7) is 3.84. The van der Waals surface area contributed by atoms with E-state index < -0.39 is 17.0 Å².